The first-order valence-corrected chi connectivity index (χ1v) is 7.43. The second kappa shape index (κ2) is 5.46. The summed E-state index contributed by atoms with van der Waals surface area (Å²) in [5, 5.41) is 13.4. The molecule has 1 aromatic carbocycles. The molecule has 116 valence electrons. The summed E-state index contributed by atoms with van der Waals surface area (Å²) >= 11 is 5.84. The summed E-state index contributed by atoms with van der Waals surface area (Å²) in [5.41, 5.74) is -0.482. The summed E-state index contributed by atoms with van der Waals surface area (Å²) in [4.78, 5) is 16.7. The first kappa shape index (κ1) is 16.0. The van der Waals surface area contributed by atoms with Crippen molar-refractivity contribution in [1.29, 1.82) is 0 Å². The molecule has 1 saturated heterocycles. The van der Waals surface area contributed by atoms with Gasteiger partial charge < -0.3 is 4.84 Å². The van der Waals surface area contributed by atoms with Gasteiger partial charge in [-0.1, -0.05) is 11.6 Å². The van der Waals surface area contributed by atoms with E-state index in [1.165, 1.54) is 6.07 Å². The number of hydrogen-bond donors (Lipinski definition) is 0. The van der Waals surface area contributed by atoms with Crippen molar-refractivity contribution < 1.29 is 9.76 Å². The summed E-state index contributed by atoms with van der Waals surface area (Å²) in [6, 6.07) is 4.48. The van der Waals surface area contributed by atoms with E-state index in [2.05, 4.69) is 27.7 Å². The average Bonchev–Trinajstić information content (AvgIpc) is 2.34. The van der Waals surface area contributed by atoms with Gasteiger partial charge in [-0.3, -0.25) is 10.1 Å². The topological polar surface area (TPSA) is 55.6 Å². The van der Waals surface area contributed by atoms with Crippen molar-refractivity contribution in [2.24, 2.45) is 0 Å². The van der Waals surface area contributed by atoms with E-state index in [4.69, 9.17) is 16.4 Å². The zero-order valence-electron chi connectivity index (χ0n) is 12.9. The van der Waals surface area contributed by atoms with Crippen molar-refractivity contribution in [3.63, 3.8) is 0 Å². The van der Waals surface area contributed by atoms with Crippen LogP contribution in [-0.2, 0) is 0 Å². The Bertz CT molecular complexity index is 542. The van der Waals surface area contributed by atoms with Gasteiger partial charge in [0, 0.05) is 11.1 Å². The standard InChI is InChI=1S/C15H21ClN2O3/c1-14(2)8-5-9-15(3,4)18(14)21-13-7-6-11(16)10-12(13)17(19)20/h6-7,10H,5,8-9H2,1-4H3. The van der Waals surface area contributed by atoms with Crippen molar-refractivity contribution in [1.82, 2.24) is 5.06 Å². The van der Waals surface area contributed by atoms with Crippen molar-refractivity contribution >= 4 is 17.3 Å². The van der Waals surface area contributed by atoms with Gasteiger partial charge in [0.15, 0.2) is 0 Å². The van der Waals surface area contributed by atoms with Crippen LogP contribution in [0.5, 0.6) is 5.75 Å². The highest BCUT2D eigenvalue weighted by atomic mass is 35.5. The predicted molar refractivity (Wildman–Crippen MR) is 82.6 cm³/mol. The van der Waals surface area contributed by atoms with Gasteiger partial charge in [-0.15, -0.1) is 5.06 Å². The molecule has 0 unspecified atom stereocenters. The first-order chi connectivity index (χ1) is 9.63. The minimum atomic E-state index is -0.467. The molecule has 0 N–H and O–H groups in total. The fourth-order valence-electron chi connectivity index (χ4n) is 3.03. The Morgan fingerprint density at radius 3 is 2.33 bits per heavy atom. The van der Waals surface area contributed by atoms with Gasteiger partial charge in [0.2, 0.25) is 5.75 Å². The van der Waals surface area contributed by atoms with E-state index in [1.807, 2.05) is 5.06 Å². The van der Waals surface area contributed by atoms with Crippen LogP contribution in [0.2, 0.25) is 5.02 Å². The van der Waals surface area contributed by atoms with E-state index in [1.54, 1.807) is 12.1 Å². The maximum Gasteiger partial charge on any atom is 0.315 e. The molecule has 6 heteroatoms. The molecule has 0 radical (unpaired) electrons. The van der Waals surface area contributed by atoms with Gasteiger partial charge in [-0.2, -0.15) is 0 Å². The highest BCUT2D eigenvalue weighted by molar-refractivity contribution is 6.30. The Balaban J connectivity index is 2.38. The maximum atomic E-state index is 11.2. The molecular formula is C15H21ClN2O3. The molecule has 0 bridgehead atoms. The van der Waals surface area contributed by atoms with E-state index in [9.17, 15) is 10.1 Å². The molecule has 0 amide bonds. The molecule has 1 heterocycles. The first-order valence-electron chi connectivity index (χ1n) is 7.06. The Labute approximate surface area is 129 Å². The Hall–Kier alpha value is -1.33. The second-order valence-electron chi connectivity index (χ2n) is 6.73. The highest BCUT2D eigenvalue weighted by Crippen LogP contribution is 2.40. The Kier molecular flexibility index (Phi) is 4.17. The fourth-order valence-corrected chi connectivity index (χ4v) is 3.20. The number of rotatable bonds is 3. The van der Waals surface area contributed by atoms with Crippen LogP contribution in [0.3, 0.4) is 0 Å². The molecular weight excluding hydrogens is 292 g/mol. The average molecular weight is 313 g/mol. The van der Waals surface area contributed by atoms with Crippen LogP contribution in [0.4, 0.5) is 5.69 Å². The van der Waals surface area contributed by atoms with Crippen LogP contribution >= 0.6 is 11.6 Å². The third kappa shape index (κ3) is 3.30. The van der Waals surface area contributed by atoms with Gasteiger partial charge in [0.1, 0.15) is 0 Å². The lowest BCUT2D eigenvalue weighted by Gasteiger charge is -2.50. The third-order valence-corrected chi connectivity index (χ3v) is 4.22. The number of hydrogen-bond acceptors (Lipinski definition) is 4. The van der Waals surface area contributed by atoms with E-state index < -0.39 is 4.92 Å². The summed E-state index contributed by atoms with van der Waals surface area (Å²) in [6.45, 7) is 8.37. The van der Waals surface area contributed by atoms with Gasteiger partial charge in [0.25, 0.3) is 0 Å². The van der Waals surface area contributed by atoms with Crippen LogP contribution in [0, 0.1) is 10.1 Å². The lowest BCUT2D eigenvalue weighted by Crippen LogP contribution is -2.59. The van der Waals surface area contributed by atoms with Crippen molar-refractivity contribution in [3.05, 3.63) is 33.3 Å². The van der Waals surface area contributed by atoms with E-state index >= 15 is 0 Å². The molecule has 1 aliphatic rings. The lowest BCUT2D eigenvalue weighted by molar-refractivity contribution is -0.387. The molecule has 0 aliphatic carbocycles. The number of hydroxylamine groups is 2. The van der Waals surface area contributed by atoms with Gasteiger partial charge >= 0.3 is 5.69 Å². The number of nitrogens with zero attached hydrogens (tertiary/aromatic N) is 2. The predicted octanol–water partition coefficient (Wildman–Crippen LogP) is 4.59. The van der Waals surface area contributed by atoms with E-state index in [0.717, 1.165) is 19.3 Å². The zero-order valence-corrected chi connectivity index (χ0v) is 13.6. The summed E-state index contributed by atoms with van der Waals surface area (Å²) in [6.07, 6.45) is 3.08. The molecule has 21 heavy (non-hydrogen) atoms. The second-order valence-corrected chi connectivity index (χ2v) is 7.17. The number of piperidine rings is 1. The Morgan fingerprint density at radius 1 is 1.24 bits per heavy atom. The SMILES string of the molecule is CC1(C)CCCC(C)(C)N1Oc1ccc(Cl)cc1[N+](=O)[O-]. The monoisotopic (exact) mass is 312 g/mol. The molecule has 0 atom stereocenters. The molecule has 2 rings (SSSR count). The zero-order chi connectivity index (χ0) is 15.8. The summed E-state index contributed by atoms with van der Waals surface area (Å²) in [5.74, 6) is 0.229. The van der Waals surface area contributed by atoms with Gasteiger partial charge in [-0.05, 0) is 59.1 Å². The van der Waals surface area contributed by atoms with Crippen LogP contribution in [-0.4, -0.2) is 21.1 Å². The van der Waals surface area contributed by atoms with Crippen molar-refractivity contribution in [2.45, 2.75) is 58.0 Å². The number of benzene rings is 1. The number of nitro groups is 1. The maximum absolute atomic E-state index is 11.2. The lowest BCUT2D eigenvalue weighted by atomic mass is 9.82. The minimum absolute atomic E-state index is 0.111. The normalized spacial score (nSPS) is 21.0. The molecule has 1 aliphatic heterocycles. The van der Waals surface area contributed by atoms with Crippen molar-refractivity contribution in [3.8, 4) is 5.75 Å². The Morgan fingerprint density at radius 2 is 1.81 bits per heavy atom. The minimum Gasteiger partial charge on any atom is -0.398 e. The molecule has 0 saturated carbocycles. The largest absolute Gasteiger partial charge is 0.398 e. The fraction of sp³-hybridized carbons (Fsp3) is 0.600. The summed E-state index contributed by atoms with van der Waals surface area (Å²) < 4.78 is 0. The van der Waals surface area contributed by atoms with Crippen LogP contribution in [0.15, 0.2) is 18.2 Å². The van der Waals surface area contributed by atoms with Crippen LogP contribution in [0.1, 0.15) is 47.0 Å². The highest BCUT2D eigenvalue weighted by Gasteiger charge is 2.44. The summed E-state index contributed by atoms with van der Waals surface area (Å²) in [7, 11) is 0. The van der Waals surface area contributed by atoms with Gasteiger partial charge in [0.05, 0.1) is 16.0 Å². The van der Waals surface area contributed by atoms with Crippen LogP contribution in [0.25, 0.3) is 0 Å². The smallest absolute Gasteiger partial charge is 0.315 e. The van der Waals surface area contributed by atoms with Crippen LogP contribution < -0.4 is 4.84 Å². The number of halogens is 1. The molecule has 1 fully saturated rings. The third-order valence-electron chi connectivity index (χ3n) is 3.98. The molecule has 1 aromatic rings. The molecule has 0 aromatic heterocycles. The van der Waals surface area contributed by atoms with Gasteiger partial charge in [-0.25, -0.2) is 0 Å². The molecule has 0 spiro atoms. The molecule has 5 nitrogen and oxygen atoms in total. The quantitative estimate of drug-likeness (QED) is 0.605. The van der Waals surface area contributed by atoms with Crippen molar-refractivity contribution in [2.75, 3.05) is 0 Å². The van der Waals surface area contributed by atoms with E-state index in [0.29, 0.717) is 5.02 Å². The number of nitro benzene ring substituents is 1. The van der Waals surface area contributed by atoms with E-state index in [-0.39, 0.29) is 22.5 Å².